The third kappa shape index (κ3) is 5.47. The lowest BCUT2D eigenvalue weighted by Crippen LogP contribution is -2.11. The molecule has 0 saturated carbocycles. The van der Waals surface area contributed by atoms with Crippen molar-refractivity contribution >= 4 is 35.2 Å². The molecule has 0 bridgehead atoms. The van der Waals surface area contributed by atoms with Gasteiger partial charge in [-0.3, -0.25) is 0 Å². The molecule has 4 aromatic rings. The van der Waals surface area contributed by atoms with Crippen LogP contribution in [-0.2, 0) is 17.6 Å². The molecule has 1 aliphatic carbocycles. The zero-order chi connectivity index (χ0) is 24.7. The standard InChI is InChI=1S/C33H29NO2/c1-2-33(35)36-32-22-16-26(17-23-32)13-12-25-14-19-30(20-15-25)34(29-10-4-3-5-11-29)31-21-18-27-8-6-7-9-28(27)24-31/h2-5,10-24H,1,6-9H2. The van der Waals surface area contributed by atoms with Crippen molar-refractivity contribution in [1.29, 1.82) is 0 Å². The fourth-order valence-electron chi connectivity index (χ4n) is 4.61. The van der Waals surface area contributed by atoms with Gasteiger partial charge < -0.3 is 9.64 Å². The molecule has 1 aliphatic rings. The molecule has 3 heteroatoms. The van der Waals surface area contributed by atoms with Crippen LogP contribution in [0.15, 0.2) is 110 Å². The molecule has 4 aromatic carbocycles. The van der Waals surface area contributed by atoms with Gasteiger partial charge in [0, 0.05) is 23.1 Å². The van der Waals surface area contributed by atoms with Crippen LogP contribution in [0.1, 0.15) is 35.1 Å². The van der Waals surface area contributed by atoms with Crippen molar-refractivity contribution < 1.29 is 9.53 Å². The summed E-state index contributed by atoms with van der Waals surface area (Å²) >= 11 is 0. The number of anilines is 3. The number of hydrogen-bond donors (Lipinski definition) is 0. The molecule has 3 nitrogen and oxygen atoms in total. The maximum absolute atomic E-state index is 11.3. The van der Waals surface area contributed by atoms with Crippen molar-refractivity contribution in [1.82, 2.24) is 0 Å². The van der Waals surface area contributed by atoms with Gasteiger partial charge in [-0.25, -0.2) is 4.79 Å². The first kappa shape index (κ1) is 23.4. The van der Waals surface area contributed by atoms with Crippen LogP contribution in [0.4, 0.5) is 17.1 Å². The van der Waals surface area contributed by atoms with Crippen molar-refractivity contribution in [2.45, 2.75) is 25.7 Å². The van der Waals surface area contributed by atoms with Gasteiger partial charge in [-0.15, -0.1) is 0 Å². The first-order valence-electron chi connectivity index (χ1n) is 12.4. The van der Waals surface area contributed by atoms with Crippen LogP contribution in [-0.4, -0.2) is 5.97 Å². The fraction of sp³-hybridized carbons (Fsp3) is 0.121. The van der Waals surface area contributed by atoms with Crippen molar-refractivity contribution in [3.63, 3.8) is 0 Å². The summed E-state index contributed by atoms with van der Waals surface area (Å²) in [6.07, 6.45) is 10.2. The summed E-state index contributed by atoms with van der Waals surface area (Å²) < 4.78 is 5.13. The van der Waals surface area contributed by atoms with Crippen LogP contribution in [0, 0.1) is 0 Å². The Labute approximate surface area is 213 Å². The minimum atomic E-state index is -0.460. The molecule has 0 fully saturated rings. The topological polar surface area (TPSA) is 29.5 Å². The molecule has 0 spiro atoms. The lowest BCUT2D eigenvalue weighted by atomic mass is 9.91. The van der Waals surface area contributed by atoms with Crippen LogP contribution in [0.3, 0.4) is 0 Å². The summed E-state index contributed by atoms with van der Waals surface area (Å²) in [5, 5.41) is 0. The number of rotatable bonds is 7. The molecule has 0 aliphatic heterocycles. The summed E-state index contributed by atoms with van der Waals surface area (Å²) in [5.74, 6) is 0.0444. The summed E-state index contributed by atoms with van der Waals surface area (Å²) in [6, 6.07) is 33.5. The number of aryl methyl sites for hydroxylation is 2. The normalized spacial score (nSPS) is 12.7. The molecule has 0 N–H and O–H groups in total. The van der Waals surface area contributed by atoms with Gasteiger partial charge in [-0.1, -0.05) is 67.3 Å². The largest absolute Gasteiger partial charge is 0.423 e. The first-order valence-corrected chi connectivity index (χ1v) is 12.4. The monoisotopic (exact) mass is 471 g/mol. The number of ether oxygens (including phenoxy) is 1. The Balaban J connectivity index is 1.38. The van der Waals surface area contributed by atoms with E-state index >= 15 is 0 Å². The predicted octanol–water partition coefficient (Wildman–Crippen LogP) is 8.30. The zero-order valence-electron chi connectivity index (χ0n) is 20.3. The molecule has 0 radical (unpaired) electrons. The third-order valence-corrected chi connectivity index (χ3v) is 6.49. The van der Waals surface area contributed by atoms with E-state index < -0.39 is 5.97 Å². The third-order valence-electron chi connectivity index (χ3n) is 6.49. The maximum Gasteiger partial charge on any atom is 0.335 e. The van der Waals surface area contributed by atoms with Crippen LogP contribution in [0.2, 0.25) is 0 Å². The van der Waals surface area contributed by atoms with Crippen molar-refractivity contribution in [3.05, 3.63) is 132 Å². The van der Waals surface area contributed by atoms with E-state index in [1.54, 1.807) is 12.1 Å². The van der Waals surface area contributed by atoms with Gasteiger partial charge in [-0.2, -0.15) is 0 Å². The van der Waals surface area contributed by atoms with E-state index in [0.29, 0.717) is 5.75 Å². The van der Waals surface area contributed by atoms with E-state index in [1.807, 2.05) is 18.2 Å². The molecule has 0 heterocycles. The summed E-state index contributed by atoms with van der Waals surface area (Å²) in [4.78, 5) is 13.7. The second-order valence-electron chi connectivity index (χ2n) is 8.95. The lowest BCUT2D eigenvalue weighted by Gasteiger charge is -2.27. The summed E-state index contributed by atoms with van der Waals surface area (Å²) in [7, 11) is 0. The van der Waals surface area contributed by atoms with E-state index in [1.165, 1.54) is 36.1 Å². The Bertz CT molecular complexity index is 1370. The molecule has 0 unspecified atom stereocenters. The van der Waals surface area contributed by atoms with Gasteiger partial charge in [0.1, 0.15) is 5.75 Å². The van der Waals surface area contributed by atoms with Gasteiger partial charge >= 0.3 is 5.97 Å². The molecule has 5 rings (SSSR count). The number of para-hydroxylation sites is 1. The summed E-state index contributed by atoms with van der Waals surface area (Å²) in [6.45, 7) is 3.42. The van der Waals surface area contributed by atoms with Gasteiger partial charge in [0.15, 0.2) is 0 Å². The van der Waals surface area contributed by atoms with E-state index in [-0.39, 0.29) is 0 Å². The average molecular weight is 472 g/mol. The fourth-order valence-corrected chi connectivity index (χ4v) is 4.61. The predicted molar refractivity (Wildman–Crippen MR) is 149 cm³/mol. The number of esters is 1. The molecule has 178 valence electrons. The smallest absolute Gasteiger partial charge is 0.335 e. The highest BCUT2D eigenvalue weighted by atomic mass is 16.5. The minimum absolute atomic E-state index is 0.460. The molecule has 0 atom stereocenters. The quantitative estimate of drug-likeness (QED) is 0.117. The number of carbonyl (C=O) groups excluding carboxylic acids is 1. The summed E-state index contributed by atoms with van der Waals surface area (Å²) in [5.41, 5.74) is 8.57. The zero-order valence-corrected chi connectivity index (χ0v) is 20.3. The number of nitrogens with zero attached hydrogens (tertiary/aromatic N) is 1. The van der Waals surface area contributed by atoms with Crippen molar-refractivity contribution in [3.8, 4) is 5.75 Å². The number of hydrogen-bond acceptors (Lipinski definition) is 3. The highest BCUT2D eigenvalue weighted by molar-refractivity contribution is 5.83. The second kappa shape index (κ2) is 10.9. The van der Waals surface area contributed by atoms with Gasteiger partial charge in [0.25, 0.3) is 0 Å². The van der Waals surface area contributed by atoms with Crippen molar-refractivity contribution in [2.75, 3.05) is 4.90 Å². The highest BCUT2D eigenvalue weighted by Crippen LogP contribution is 2.36. The van der Waals surface area contributed by atoms with Gasteiger partial charge in [0.2, 0.25) is 0 Å². The first-order chi connectivity index (χ1) is 17.7. The van der Waals surface area contributed by atoms with E-state index in [2.05, 4.69) is 90.4 Å². The van der Waals surface area contributed by atoms with E-state index in [4.69, 9.17) is 4.74 Å². The Morgan fingerprint density at radius 1 is 0.694 bits per heavy atom. The molecular formula is C33H29NO2. The number of carbonyl (C=O) groups is 1. The Kier molecular flexibility index (Phi) is 7.09. The number of benzene rings is 4. The van der Waals surface area contributed by atoms with Gasteiger partial charge in [0.05, 0.1) is 0 Å². The minimum Gasteiger partial charge on any atom is -0.423 e. The molecule has 36 heavy (non-hydrogen) atoms. The molecule has 0 amide bonds. The van der Waals surface area contributed by atoms with Crippen LogP contribution < -0.4 is 9.64 Å². The average Bonchev–Trinajstić information content (AvgIpc) is 2.94. The van der Waals surface area contributed by atoms with Crippen LogP contribution >= 0.6 is 0 Å². The Hall–Kier alpha value is -4.37. The molecular weight excluding hydrogens is 442 g/mol. The molecule has 0 saturated heterocycles. The number of fused-ring (bicyclic) bond motifs is 1. The van der Waals surface area contributed by atoms with Crippen LogP contribution in [0.25, 0.3) is 12.2 Å². The highest BCUT2D eigenvalue weighted by Gasteiger charge is 2.15. The second-order valence-corrected chi connectivity index (χ2v) is 8.95. The molecule has 0 aromatic heterocycles. The lowest BCUT2D eigenvalue weighted by molar-refractivity contribution is -0.128. The van der Waals surface area contributed by atoms with Crippen molar-refractivity contribution in [2.24, 2.45) is 0 Å². The SMILES string of the molecule is C=CC(=O)Oc1ccc(C=Cc2ccc(N(c3ccccc3)c3ccc4c(c3)CCCC4)cc2)cc1. The maximum atomic E-state index is 11.3. The Morgan fingerprint density at radius 2 is 1.28 bits per heavy atom. The van der Waals surface area contributed by atoms with E-state index in [0.717, 1.165) is 35.0 Å². The van der Waals surface area contributed by atoms with Crippen LogP contribution in [0.5, 0.6) is 5.75 Å². The Morgan fingerprint density at radius 3 is 1.94 bits per heavy atom. The van der Waals surface area contributed by atoms with Gasteiger partial charge in [-0.05, 0) is 96.5 Å². The van der Waals surface area contributed by atoms with E-state index in [9.17, 15) is 4.79 Å².